The third-order valence-electron chi connectivity index (χ3n) is 9.17. The van der Waals surface area contributed by atoms with Crippen LogP contribution in [0.3, 0.4) is 0 Å². The molecule has 0 saturated heterocycles. The molecule has 0 aliphatic heterocycles. The third kappa shape index (κ3) is 4.96. The molecule has 0 fully saturated rings. The number of hydrogen-bond acceptors (Lipinski definition) is 0. The highest BCUT2D eigenvalue weighted by Crippen LogP contribution is 2.49. The van der Waals surface area contributed by atoms with Gasteiger partial charge in [-0.25, -0.2) is 0 Å². The Bertz CT molecular complexity index is 1820. The highest BCUT2D eigenvalue weighted by atomic mass is 14.4. The molecular weight excluding hydrogens is 516 g/mol. The Morgan fingerprint density at radius 3 is 1.58 bits per heavy atom. The summed E-state index contributed by atoms with van der Waals surface area (Å²) in [6.07, 6.45) is 11.9. The highest BCUT2D eigenvalue weighted by Gasteiger charge is 2.33. The fourth-order valence-corrected chi connectivity index (χ4v) is 7.61. The first kappa shape index (κ1) is 29.2. The van der Waals surface area contributed by atoms with Gasteiger partial charge in [0.15, 0.2) is 0 Å². The molecule has 4 aromatic rings. The van der Waals surface area contributed by atoms with E-state index in [1.807, 2.05) is 0 Å². The van der Waals surface area contributed by atoms with Crippen molar-refractivity contribution in [3.8, 4) is 11.1 Å². The fraction of sp³-hybridized carbons (Fsp3) is 0.302. The summed E-state index contributed by atoms with van der Waals surface area (Å²) in [5.41, 5.74) is 16.9. The average Bonchev–Trinajstić information content (AvgIpc) is 3.65. The van der Waals surface area contributed by atoms with E-state index in [0.717, 1.165) is 6.42 Å². The molecule has 43 heavy (non-hydrogen) atoms. The first-order valence-electron chi connectivity index (χ1n) is 16.2. The predicted octanol–water partition coefficient (Wildman–Crippen LogP) is 10.5. The SMILES string of the molecule is CC(C)c1c(C2=CC=CC2)c2c(c(C(C)C)c1C(C)C)-c1c(C(C)C)c(=C(c3ccccc3)c3ccccc3)ccc1=[C]2. The van der Waals surface area contributed by atoms with Crippen LogP contribution in [-0.2, 0) is 0 Å². The zero-order valence-electron chi connectivity index (χ0n) is 27.2. The third-order valence-corrected chi connectivity index (χ3v) is 9.17. The van der Waals surface area contributed by atoms with Gasteiger partial charge in [0.05, 0.1) is 0 Å². The van der Waals surface area contributed by atoms with Crippen LogP contribution < -0.4 is 10.4 Å². The Morgan fingerprint density at radius 1 is 0.558 bits per heavy atom. The minimum absolute atomic E-state index is 0.336. The van der Waals surface area contributed by atoms with E-state index in [2.05, 4.69) is 152 Å². The molecule has 0 amide bonds. The van der Waals surface area contributed by atoms with Crippen molar-refractivity contribution in [2.45, 2.75) is 85.5 Å². The van der Waals surface area contributed by atoms with E-state index in [-0.39, 0.29) is 0 Å². The molecule has 0 heterocycles. The van der Waals surface area contributed by atoms with Crippen molar-refractivity contribution >= 4 is 17.2 Å². The fourth-order valence-electron chi connectivity index (χ4n) is 7.61. The quantitative estimate of drug-likeness (QED) is 0.185. The summed E-state index contributed by atoms with van der Waals surface area (Å²) in [6.45, 7) is 19.1. The lowest BCUT2D eigenvalue weighted by molar-refractivity contribution is 0.746. The maximum atomic E-state index is 4.04. The summed E-state index contributed by atoms with van der Waals surface area (Å²) in [6, 6.07) is 26.6. The lowest BCUT2D eigenvalue weighted by atomic mass is 9.73. The lowest BCUT2D eigenvalue weighted by Crippen LogP contribution is -2.22. The second-order valence-corrected chi connectivity index (χ2v) is 13.5. The first-order chi connectivity index (χ1) is 20.7. The molecule has 2 aliphatic carbocycles. The van der Waals surface area contributed by atoms with Crippen molar-refractivity contribution in [2.75, 3.05) is 0 Å². The van der Waals surface area contributed by atoms with Crippen LogP contribution >= 0.6 is 0 Å². The van der Waals surface area contributed by atoms with Crippen molar-refractivity contribution in [1.82, 2.24) is 0 Å². The highest BCUT2D eigenvalue weighted by molar-refractivity contribution is 5.96. The normalized spacial score (nSPS) is 13.6. The Morgan fingerprint density at radius 2 is 1.09 bits per heavy atom. The molecule has 1 radical (unpaired) electrons. The summed E-state index contributed by atoms with van der Waals surface area (Å²) in [5, 5.41) is 2.58. The van der Waals surface area contributed by atoms with Crippen LogP contribution in [0.4, 0.5) is 0 Å². The topological polar surface area (TPSA) is 0 Å². The second-order valence-electron chi connectivity index (χ2n) is 13.5. The van der Waals surface area contributed by atoms with Gasteiger partial charge in [-0.1, -0.05) is 146 Å². The van der Waals surface area contributed by atoms with E-state index in [0.29, 0.717) is 23.7 Å². The Labute approximate surface area is 259 Å². The Kier molecular flexibility index (Phi) is 7.91. The Balaban J connectivity index is 1.84. The van der Waals surface area contributed by atoms with E-state index in [1.165, 1.54) is 71.7 Å². The van der Waals surface area contributed by atoms with E-state index in [9.17, 15) is 0 Å². The van der Waals surface area contributed by atoms with E-state index >= 15 is 0 Å². The summed E-state index contributed by atoms with van der Waals surface area (Å²) in [5.74, 6) is 1.59. The van der Waals surface area contributed by atoms with Gasteiger partial charge in [-0.15, -0.1) is 0 Å². The summed E-state index contributed by atoms with van der Waals surface area (Å²) in [4.78, 5) is 0. The van der Waals surface area contributed by atoms with Crippen LogP contribution in [0, 0.1) is 0 Å². The summed E-state index contributed by atoms with van der Waals surface area (Å²) < 4.78 is 0. The minimum atomic E-state index is 0.336. The van der Waals surface area contributed by atoms with Gasteiger partial charge in [0.25, 0.3) is 0 Å². The standard InChI is InChI=1S/C43H45/c1-26(2)36-34(40(30-17-11-9-12-18-30)31-19-13-10-14-20-31)24-23-33-25-35-41(32-21-15-16-22-32)38(28(5)6)37(27(3)4)39(29(7)8)43(35)42(33)36/h9-21,23-24,26-29H,22H2,1-8H3. The molecule has 0 saturated carbocycles. The van der Waals surface area contributed by atoms with E-state index < -0.39 is 0 Å². The zero-order chi connectivity index (χ0) is 30.4. The van der Waals surface area contributed by atoms with Crippen LogP contribution in [0.15, 0.2) is 91.0 Å². The van der Waals surface area contributed by atoms with Crippen LogP contribution in [0.1, 0.15) is 130 Å². The summed E-state index contributed by atoms with van der Waals surface area (Å²) in [7, 11) is 0. The molecule has 4 aromatic carbocycles. The first-order valence-corrected chi connectivity index (χ1v) is 16.2. The lowest BCUT2D eigenvalue weighted by Gasteiger charge is -2.31. The van der Waals surface area contributed by atoms with Crippen molar-refractivity contribution in [3.05, 3.63) is 146 Å². The molecule has 0 aromatic heterocycles. The van der Waals surface area contributed by atoms with Gasteiger partial charge in [-0.3, -0.25) is 0 Å². The molecule has 0 atom stereocenters. The van der Waals surface area contributed by atoms with Crippen LogP contribution in [-0.4, -0.2) is 0 Å². The molecule has 0 N–H and O–H groups in total. The number of rotatable bonds is 7. The van der Waals surface area contributed by atoms with Crippen LogP contribution in [0.25, 0.3) is 28.3 Å². The van der Waals surface area contributed by atoms with E-state index in [1.54, 1.807) is 5.56 Å². The van der Waals surface area contributed by atoms with Crippen molar-refractivity contribution in [2.24, 2.45) is 0 Å². The van der Waals surface area contributed by atoms with Crippen LogP contribution in [0.5, 0.6) is 0 Å². The maximum Gasteiger partial charge on any atom is -0.000720 e. The second kappa shape index (κ2) is 11.6. The van der Waals surface area contributed by atoms with Gasteiger partial charge in [0.2, 0.25) is 0 Å². The monoisotopic (exact) mass is 561 g/mol. The molecule has 2 aliphatic rings. The number of allylic oxidation sites excluding steroid dienone is 4. The molecule has 6 rings (SSSR count). The van der Waals surface area contributed by atoms with Crippen molar-refractivity contribution < 1.29 is 0 Å². The van der Waals surface area contributed by atoms with Crippen molar-refractivity contribution in [1.29, 1.82) is 0 Å². The van der Waals surface area contributed by atoms with Crippen molar-refractivity contribution in [3.63, 3.8) is 0 Å². The molecule has 0 spiro atoms. The van der Waals surface area contributed by atoms with Gasteiger partial charge >= 0.3 is 0 Å². The predicted molar refractivity (Wildman–Crippen MR) is 186 cm³/mol. The zero-order valence-corrected chi connectivity index (χ0v) is 27.2. The number of hydrogen-bond donors (Lipinski definition) is 0. The molecule has 0 nitrogen and oxygen atoms in total. The van der Waals surface area contributed by atoms with Gasteiger partial charge < -0.3 is 0 Å². The largest absolute Gasteiger partial charge is 0.0801 e. The minimum Gasteiger partial charge on any atom is -0.0801 e. The number of benzene rings is 4. The van der Waals surface area contributed by atoms with E-state index in [4.69, 9.17) is 0 Å². The van der Waals surface area contributed by atoms with Gasteiger partial charge in [0.1, 0.15) is 0 Å². The summed E-state index contributed by atoms with van der Waals surface area (Å²) >= 11 is 0. The smallest absolute Gasteiger partial charge is 0.000720 e. The molecule has 0 bridgehead atoms. The van der Waals surface area contributed by atoms with Gasteiger partial charge in [-0.05, 0) is 113 Å². The molecule has 0 heteroatoms. The average molecular weight is 562 g/mol. The maximum absolute atomic E-state index is 4.04. The van der Waals surface area contributed by atoms with Gasteiger partial charge in [-0.2, -0.15) is 0 Å². The molecule has 0 unspecified atom stereocenters. The molecule has 217 valence electrons. The number of fused-ring (bicyclic) bond motifs is 3. The van der Waals surface area contributed by atoms with Crippen LogP contribution in [0.2, 0.25) is 0 Å². The Hall–Kier alpha value is -3.90. The molecular formula is C43H45. The van der Waals surface area contributed by atoms with Gasteiger partial charge in [0, 0.05) is 0 Å².